The Morgan fingerprint density at radius 1 is 1.43 bits per heavy atom. The molecule has 1 aromatic carbocycles. The zero-order valence-corrected chi connectivity index (χ0v) is 14.8. The summed E-state index contributed by atoms with van der Waals surface area (Å²) in [4.78, 5) is 4.38. The fourth-order valence-corrected chi connectivity index (χ4v) is 1.52. The van der Waals surface area contributed by atoms with E-state index in [0.717, 1.165) is 6.54 Å². The van der Waals surface area contributed by atoms with Gasteiger partial charge in [0.25, 0.3) is 0 Å². The van der Waals surface area contributed by atoms with Crippen LogP contribution in [0, 0.1) is 5.82 Å². The third kappa shape index (κ3) is 7.89. The van der Waals surface area contributed by atoms with Gasteiger partial charge in [-0.3, -0.25) is 0 Å². The fraction of sp³-hybridized carbons (Fsp3) is 0.400. The molecule has 0 amide bonds. The monoisotopic (exact) mass is 407 g/mol. The van der Waals surface area contributed by atoms with Gasteiger partial charge in [-0.05, 0) is 26.0 Å². The second-order valence-corrected chi connectivity index (χ2v) is 4.25. The molecule has 0 aliphatic rings. The Morgan fingerprint density at radius 3 is 2.76 bits per heavy atom. The normalized spacial score (nSPS) is 12.0. The van der Waals surface area contributed by atoms with Crippen molar-refractivity contribution in [2.75, 3.05) is 19.6 Å². The predicted octanol–water partition coefficient (Wildman–Crippen LogP) is 2.95. The maximum absolute atomic E-state index is 13.4. The summed E-state index contributed by atoms with van der Waals surface area (Å²) in [6.45, 7) is 9.32. The van der Waals surface area contributed by atoms with Gasteiger partial charge < -0.3 is 15.4 Å². The van der Waals surface area contributed by atoms with E-state index in [1.54, 1.807) is 24.3 Å². The fourth-order valence-electron chi connectivity index (χ4n) is 1.52. The lowest BCUT2D eigenvalue weighted by Crippen LogP contribution is -2.38. The van der Waals surface area contributed by atoms with Gasteiger partial charge in [-0.15, -0.1) is 30.6 Å². The van der Waals surface area contributed by atoms with E-state index in [1.165, 1.54) is 6.07 Å². The summed E-state index contributed by atoms with van der Waals surface area (Å²) < 4.78 is 19.0. The summed E-state index contributed by atoms with van der Waals surface area (Å²) in [5, 5.41) is 6.20. The molecule has 2 N–H and O–H groups in total. The quantitative estimate of drug-likeness (QED) is 0.316. The van der Waals surface area contributed by atoms with E-state index in [2.05, 4.69) is 22.2 Å². The number of hydrogen-bond acceptors (Lipinski definition) is 2. The molecule has 0 aliphatic carbocycles. The standard InChI is InChI=1S/C15H22FN3O.HI/c1-4-10-18-15(17-5-2)19-11-12(3)20-14-9-7-6-8-13(14)16;/h4,6-9,12H,1,5,10-11H2,2-3H3,(H2,17,18,19);1H. The highest BCUT2D eigenvalue weighted by molar-refractivity contribution is 14.0. The molecule has 1 atom stereocenters. The van der Waals surface area contributed by atoms with Crippen molar-refractivity contribution >= 4 is 29.9 Å². The Balaban J connectivity index is 0.00000400. The molecule has 118 valence electrons. The number of ether oxygens (including phenoxy) is 1. The zero-order valence-electron chi connectivity index (χ0n) is 12.4. The lowest BCUT2D eigenvalue weighted by atomic mass is 10.3. The first-order chi connectivity index (χ1) is 9.67. The molecule has 0 bridgehead atoms. The molecular formula is C15H23FIN3O. The largest absolute Gasteiger partial charge is 0.486 e. The van der Waals surface area contributed by atoms with Crippen LogP contribution in [0.4, 0.5) is 4.39 Å². The molecule has 0 aliphatic heterocycles. The first-order valence-electron chi connectivity index (χ1n) is 6.71. The summed E-state index contributed by atoms with van der Waals surface area (Å²) in [6, 6.07) is 6.36. The Bertz CT molecular complexity index is 454. The lowest BCUT2D eigenvalue weighted by Gasteiger charge is -2.15. The minimum Gasteiger partial charge on any atom is -0.486 e. The lowest BCUT2D eigenvalue weighted by molar-refractivity contribution is 0.220. The summed E-state index contributed by atoms with van der Waals surface area (Å²) in [6.07, 6.45) is 1.54. The summed E-state index contributed by atoms with van der Waals surface area (Å²) >= 11 is 0. The third-order valence-corrected chi connectivity index (χ3v) is 2.43. The Morgan fingerprint density at radius 2 is 2.14 bits per heavy atom. The minimum atomic E-state index is -0.361. The molecule has 0 saturated heterocycles. The van der Waals surface area contributed by atoms with Crippen LogP contribution in [0.5, 0.6) is 5.75 Å². The SMILES string of the molecule is C=CCNC(=NCC(C)Oc1ccccc1F)NCC.I. The van der Waals surface area contributed by atoms with Crippen LogP contribution in [0.3, 0.4) is 0 Å². The topological polar surface area (TPSA) is 45.7 Å². The molecule has 0 aromatic heterocycles. The van der Waals surface area contributed by atoms with Crippen molar-refractivity contribution in [2.24, 2.45) is 4.99 Å². The maximum Gasteiger partial charge on any atom is 0.191 e. The molecule has 0 saturated carbocycles. The van der Waals surface area contributed by atoms with E-state index >= 15 is 0 Å². The smallest absolute Gasteiger partial charge is 0.191 e. The molecule has 1 unspecified atom stereocenters. The minimum absolute atomic E-state index is 0. The maximum atomic E-state index is 13.4. The van der Waals surface area contributed by atoms with Crippen molar-refractivity contribution in [1.29, 1.82) is 0 Å². The molecule has 0 heterocycles. The number of nitrogens with one attached hydrogen (secondary N) is 2. The van der Waals surface area contributed by atoms with E-state index in [4.69, 9.17) is 4.74 Å². The van der Waals surface area contributed by atoms with Gasteiger partial charge in [0, 0.05) is 13.1 Å². The van der Waals surface area contributed by atoms with Crippen LogP contribution >= 0.6 is 24.0 Å². The second kappa shape index (κ2) is 11.4. The van der Waals surface area contributed by atoms with Gasteiger partial charge in [-0.1, -0.05) is 18.2 Å². The average Bonchev–Trinajstić information content (AvgIpc) is 2.44. The van der Waals surface area contributed by atoms with E-state index in [1.807, 2.05) is 13.8 Å². The predicted molar refractivity (Wildman–Crippen MR) is 96.1 cm³/mol. The second-order valence-electron chi connectivity index (χ2n) is 4.25. The van der Waals surface area contributed by atoms with Crippen molar-refractivity contribution in [3.05, 3.63) is 42.7 Å². The van der Waals surface area contributed by atoms with Crippen LogP contribution in [0.2, 0.25) is 0 Å². The molecular weight excluding hydrogens is 384 g/mol. The van der Waals surface area contributed by atoms with Crippen LogP contribution in [0.1, 0.15) is 13.8 Å². The highest BCUT2D eigenvalue weighted by atomic mass is 127. The number of aliphatic imine (C=N–C) groups is 1. The summed E-state index contributed by atoms with van der Waals surface area (Å²) in [7, 11) is 0. The van der Waals surface area contributed by atoms with Crippen LogP contribution < -0.4 is 15.4 Å². The number of para-hydroxylation sites is 1. The molecule has 4 nitrogen and oxygen atoms in total. The Labute approximate surface area is 142 Å². The van der Waals surface area contributed by atoms with Crippen molar-refractivity contribution in [2.45, 2.75) is 20.0 Å². The van der Waals surface area contributed by atoms with Gasteiger partial charge in [0.05, 0.1) is 6.54 Å². The van der Waals surface area contributed by atoms with Crippen LogP contribution in [-0.4, -0.2) is 31.7 Å². The van der Waals surface area contributed by atoms with Gasteiger partial charge in [0.15, 0.2) is 17.5 Å². The number of guanidine groups is 1. The molecule has 0 fully saturated rings. The van der Waals surface area contributed by atoms with Gasteiger partial charge >= 0.3 is 0 Å². The highest BCUT2D eigenvalue weighted by Crippen LogP contribution is 2.16. The van der Waals surface area contributed by atoms with Crippen molar-refractivity contribution in [3.63, 3.8) is 0 Å². The van der Waals surface area contributed by atoms with Crippen LogP contribution in [0.15, 0.2) is 41.9 Å². The number of benzene rings is 1. The first kappa shape index (κ1) is 19.7. The van der Waals surface area contributed by atoms with E-state index in [-0.39, 0.29) is 41.6 Å². The zero-order chi connectivity index (χ0) is 14.8. The molecule has 0 radical (unpaired) electrons. The Hall–Kier alpha value is -1.31. The molecule has 0 spiro atoms. The van der Waals surface area contributed by atoms with Gasteiger partial charge in [-0.25, -0.2) is 9.38 Å². The van der Waals surface area contributed by atoms with Gasteiger partial charge in [0.2, 0.25) is 0 Å². The van der Waals surface area contributed by atoms with Gasteiger partial charge in [0.1, 0.15) is 6.10 Å². The van der Waals surface area contributed by atoms with Crippen molar-refractivity contribution in [1.82, 2.24) is 10.6 Å². The highest BCUT2D eigenvalue weighted by Gasteiger charge is 2.07. The number of rotatable bonds is 7. The van der Waals surface area contributed by atoms with E-state index in [0.29, 0.717) is 19.0 Å². The number of nitrogens with zero attached hydrogens (tertiary/aromatic N) is 1. The van der Waals surface area contributed by atoms with Gasteiger partial charge in [-0.2, -0.15) is 0 Å². The van der Waals surface area contributed by atoms with Crippen LogP contribution in [-0.2, 0) is 0 Å². The van der Waals surface area contributed by atoms with Crippen LogP contribution in [0.25, 0.3) is 0 Å². The number of hydrogen-bond donors (Lipinski definition) is 2. The first-order valence-corrected chi connectivity index (χ1v) is 6.71. The molecule has 21 heavy (non-hydrogen) atoms. The molecule has 1 aromatic rings. The molecule has 1 rings (SSSR count). The average molecular weight is 407 g/mol. The summed E-state index contributed by atoms with van der Waals surface area (Å²) in [5.74, 6) is 0.579. The molecule has 6 heteroatoms. The van der Waals surface area contributed by atoms with E-state index < -0.39 is 0 Å². The van der Waals surface area contributed by atoms with Crippen molar-refractivity contribution in [3.8, 4) is 5.75 Å². The van der Waals surface area contributed by atoms with Crippen molar-refractivity contribution < 1.29 is 9.13 Å². The third-order valence-electron chi connectivity index (χ3n) is 2.43. The number of halogens is 2. The Kier molecular flexibility index (Phi) is 10.7. The van der Waals surface area contributed by atoms with E-state index in [9.17, 15) is 4.39 Å². The summed E-state index contributed by atoms with van der Waals surface area (Å²) in [5.41, 5.74) is 0.